The third-order valence-electron chi connectivity index (χ3n) is 2.96. The molecule has 1 fully saturated rings. The first-order valence-corrected chi connectivity index (χ1v) is 7.20. The topological polar surface area (TPSA) is 49.4 Å². The lowest BCUT2D eigenvalue weighted by atomic mass is 10.1. The van der Waals surface area contributed by atoms with Gasteiger partial charge in [-0.25, -0.2) is 0 Å². The number of rotatable bonds is 3. The van der Waals surface area contributed by atoms with Crippen LogP contribution in [0.5, 0.6) is 0 Å². The second-order valence-corrected chi connectivity index (χ2v) is 5.47. The smallest absolute Gasteiger partial charge is 0.298 e. The molecule has 0 radical (unpaired) electrons. The van der Waals surface area contributed by atoms with Crippen LogP contribution in [-0.2, 0) is 9.59 Å². The van der Waals surface area contributed by atoms with E-state index in [2.05, 4.69) is 5.32 Å². The van der Waals surface area contributed by atoms with Gasteiger partial charge in [0.15, 0.2) is 5.11 Å². The minimum Gasteiger partial charge on any atom is -0.298 e. The van der Waals surface area contributed by atoms with Gasteiger partial charge in [0.05, 0.1) is 5.69 Å². The SMILES string of the molecule is O=C1NC(=S)N(c2ccc(Cl)cc2)C(=O)/C1=C\CCC(F)(F)F. The highest BCUT2D eigenvalue weighted by molar-refractivity contribution is 7.80. The standard InChI is InChI=1S/C14H10ClF3N2O2S/c15-8-3-5-9(6-4-8)20-12(22)10(11(21)19-13(20)23)2-1-7-14(16,17)18/h2-6H,1,7H2,(H,19,21,23)/b10-2-. The molecule has 9 heteroatoms. The van der Waals surface area contributed by atoms with Crippen molar-refractivity contribution in [2.75, 3.05) is 4.90 Å². The van der Waals surface area contributed by atoms with Crippen LogP contribution in [0, 0.1) is 0 Å². The van der Waals surface area contributed by atoms with Crippen molar-refractivity contribution in [2.45, 2.75) is 19.0 Å². The van der Waals surface area contributed by atoms with Crippen LogP contribution >= 0.6 is 23.8 Å². The van der Waals surface area contributed by atoms with Crippen LogP contribution < -0.4 is 10.2 Å². The third kappa shape index (κ3) is 4.29. The Morgan fingerprint density at radius 3 is 2.39 bits per heavy atom. The zero-order valence-corrected chi connectivity index (χ0v) is 13.1. The van der Waals surface area contributed by atoms with Crippen molar-refractivity contribution >= 4 is 46.4 Å². The number of thiocarbonyl (C=S) groups is 1. The molecule has 0 spiro atoms. The summed E-state index contributed by atoms with van der Waals surface area (Å²) in [6.07, 6.45) is -4.99. The fraction of sp³-hybridized carbons (Fsp3) is 0.214. The van der Waals surface area contributed by atoms with Crippen molar-refractivity contribution in [3.05, 3.63) is 40.9 Å². The minimum atomic E-state index is -4.36. The van der Waals surface area contributed by atoms with Crippen molar-refractivity contribution in [1.29, 1.82) is 0 Å². The molecule has 23 heavy (non-hydrogen) atoms. The summed E-state index contributed by atoms with van der Waals surface area (Å²) in [5, 5.41) is 2.58. The van der Waals surface area contributed by atoms with E-state index in [1.54, 1.807) is 0 Å². The lowest BCUT2D eigenvalue weighted by Crippen LogP contribution is -2.54. The highest BCUT2D eigenvalue weighted by atomic mass is 35.5. The Bertz CT molecular complexity index is 686. The molecular formula is C14H10ClF3N2O2S. The second kappa shape index (κ2) is 6.67. The molecule has 0 saturated carbocycles. The molecule has 4 nitrogen and oxygen atoms in total. The zero-order chi connectivity index (χ0) is 17.2. The van der Waals surface area contributed by atoms with E-state index in [1.165, 1.54) is 24.3 Å². The number of carbonyl (C=O) groups excluding carboxylic acids is 2. The molecule has 0 aliphatic carbocycles. The van der Waals surface area contributed by atoms with Crippen molar-refractivity contribution in [1.82, 2.24) is 5.32 Å². The minimum absolute atomic E-state index is 0.143. The summed E-state index contributed by atoms with van der Waals surface area (Å²) in [6.45, 7) is 0. The highest BCUT2D eigenvalue weighted by Gasteiger charge is 2.34. The number of anilines is 1. The van der Waals surface area contributed by atoms with Gasteiger partial charge in [0.25, 0.3) is 11.8 Å². The quantitative estimate of drug-likeness (QED) is 0.509. The predicted octanol–water partition coefficient (Wildman–Crippen LogP) is 3.36. The first kappa shape index (κ1) is 17.4. The summed E-state index contributed by atoms with van der Waals surface area (Å²) in [4.78, 5) is 25.2. The maximum atomic E-state index is 12.4. The molecule has 1 aromatic carbocycles. The molecule has 0 aromatic heterocycles. The third-order valence-corrected chi connectivity index (χ3v) is 3.50. The van der Waals surface area contributed by atoms with Gasteiger partial charge < -0.3 is 0 Å². The van der Waals surface area contributed by atoms with E-state index in [-0.39, 0.29) is 10.7 Å². The number of carbonyl (C=O) groups is 2. The van der Waals surface area contributed by atoms with Crippen LogP contribution in [0.2, 0.25) is 5.02 Å². The molecule has 122 valence electrons. The molecule has 2 rings (SSSR count). The second-order valence-electron chi connectivity index (χ2n) is 4.65. The fourth-order valence-corrected chi connectivity index (χ4v) is 2.32. The monoisotopic (exact) mass is 362 g/mol. The Labute approximate surface area is 139 Å². The number of amides is 2. The number of nitrogens with one attached hydrogen (secondary N) is 1. The van der Waals surface area contributed by atoms with Gasteiger partial charge in [-0.3, -0.25) is 19.8 Å². The van der Waals surface area contributed by atoms with Gasteiger partial charge in [-0.1, -0.05) is 17.7 Å². The van der Waals surface area contributed by atoms with Crippen LogP contribution in [0.4, 0.5) is 18.9 Å². The van der Waals surface area contributed by atoms with Gasteiger partial charge in [0, 0.05) is 11.4 Å². The lowest BCUT2D eigenvalue weighted by molar-refractivity contribution is -0.134. The van der Waals surface area contributed by atoms with E-state index in [0.717, 1.165) is 11.0 Å². The highest BCUT2D eigenvalue weighted by Crippen LogP contribution is 2.25. The molecule has 1 aromatic rings. The Morgan fingerprint density at radius 1 is 1.22 bits per heavy atom. The van der Waals surface area contributed by atoms with Gasteiger partial charge >= 0.3 is 6.18 Å². The largest absolute Gasteiger partial charge is 0.389 e. The fourth-order valence-electron chi connectivity index (χ4n) is 1.92. The molecule has 0 bridgehead atoms. The number of hydrogen-bond acceptors (Lipinski definition) is 3. The summed E-state index contributed by atoms with van der Waals surface area (Å²) in [5.41, 5.74) is -0.0241. The average Bonchev–Trinajstić information content (AvgIpc) is 2.43. The summed E-state index contributed by atoms with van der Waals surface area (Å²) in [6, 6.07) is 6.07. The van der Waals surface area contributed by atoms with Crippen molar-refractivity contribution < 1.29 is 22.8 Å². The van der Waals surface area contributed by atoms with E-state index in [1.807, 2.05) is 0 Å². The van der Waals surface area contributed by atoms with E-state index in [4.69, 9.17) is 23.8 Å². The molecule has 0 atom stereocenters. The zero-order valence-electron chi connectivity index (χ0n) is 11.5. The van der Waals surface area contributed by atoms with Gasteiger partial charge in [-0.15, -0.1) is 0 Å². The van der Waals surface area contributed by atoms with Crippen LogP contribution in [0.15, 0.2) is 35.9 Å². The van der Waals surface area contributed by atoms with Gasteiger partial charge in [0.1, 0.15) is 5.57 Å². The molecule has 1 heterocycles. The Balaban J connectivity index is 2.26. The molecule has 0 unspecified atom stereocenters. The maximum Gasteiger partial charge on any atom is 0.389 e. The maximum absolute atomic E-state index is 12.4. The summed E-state index contributed by atoms with van der Waals surface area (Å²) in [7, 11) is 0. The van der Waals surface area contributed by atoms with Crippen LogP contribution in [-0.4, -0.2) is 23.1 Å². The van der Waals surface area contributed by atoms with E-state index in [0.29, 0.717) is 10.7 Å². The number of benzene rings is 1. The lowest BCUT2D eigenvalue weighted by Gasteiger charge is -2.29. The van der Waals surface area contributed by atoms with E-state index < -0.39 is 30.8 Å². The summed E-state index contributed by atoms with van der Waals surface area (Å²) in [5.74, 6) is -1.59. The number of alkyl halides is 3. The molecule has 1 saturated heterocycles. The molecule has 1 aliphatic heterocycles. The van der Waals surface area contributed by atoms with Crippen LogP contribution in [0.25, 0.3) is 0 Å². The van der Waals surface area contributed by atoms with Gasteiger partial charge in [0.2, 0.25) is 0 Å². The van der Waals surface area contributed by atoms with E-state index in [9.17, 15) is 22.8 Å². The first-order chi connectivity index (χ1) is 10.7. The predicted molar refractivity (Wildman–Crippen MR) is 83.1 cm³/mol. The molecule has 2 amide bonds. The Morgan fingerprint density at radius 2 is 1.83 bits per heavy atom. The number of halogens is 4. The molecular weight excluding hydrogens is 353 g/mol. The first-order valence-electron chi connectivity index (χ1n) is 6.41. The van der Waals surface area contributed by atoms with Crippen molar-refractivity contribution in [2.24, 2.45) is 0 Å². The number of allylic oxidation sites excluding steroid dienone is 1. The average molecular weight is 363 g/mol. The molecule has 1 aliphatic rings. The molecule has 1 N–H and O–H groups in total. The summed E-state index contributed by atoms with van der Waals surface area (Å²) < 4.78 is 36.6. The van der Waals surface area contributed by atoms with Crippen LogP contribution in [0.3, 0.4) is 0 Å². The van der Waals surface area contributed by atoms with E-state index >= 15 is 0 Å². The van der Waals surface area contributed by atoms with Crippen molar-refractivity contribution in [3.63, 3.8) is 0 Å². The Kier molecular flexibility index (Phi) is 5.06. The van der Waals surface area contributed by atoms with Crippen LogP contribution in [0.1, 0.15) is 12.8 Å². The van der Waals surface area contributed by atoms with Gasteiger partial charge in [-0.05, 0) is 42.9 Å². The van der Waals surface area contributed by atoms with Crippen molar-refractivity contribution in [3.8, 4) is 0 Å². The Hall–Kier alpha value is -1.93. The normalized spacial score (nSPS) is 17.7. The number of nitrogens with zero attached hydrogens (tertiary/aromatic N) is 1. The van der Waals surface area contributed by atoms with Gasteiger partial charge in [-0.2, -0.15) is 13.2 Å². The number of hydrogen-bond donors (Lipinski definition) is 1. The summed E-state index contributed by atoms with van der Waals surface area (Å²) >= 11 is 10.7.